The van der Waals surface area contributed by atoms with E-state index in [1.807, 2.05) is 0 Å². The average molecular weight is 401 g/mol. The molecule has 1 aromatic heterocycles. The van der Waals surface area contributed by atoms with Crippen molar-refractivity contribution in [2.24, 2.45) is 16.7 Å². The summed E-state index contributed by atoms with van der Waals surface area (Å²) in [6.07, 6.45) is -0.473. The average Bonchev–Trinajstić information content (AvgIpc) is 2.43. The summed E-state index contributed by atoms with van der Waals surface area (Å²) in [6, 6.07) is 2.61. The molecule has 0 amide bonds. The third-order valence-corrected chi connectivity index (χ3v) is 8.72. The lowest BCUT2D eigenvalue weighted by Crippen LogP contribution is -2.77. The number of hydrazine groups is 1. The number of sulfone groups is 1. The molecule has 27 heavy (non-hydrogen) atoms. The highest BCUT2D eigenvalue weighted by Crippen LogP contribution is 2.55. The molecule has 3 saturated heterocycles. The molecule has 0 unspecified atom stereocenters. The topological polar surface area (TPSA) is 53.5 Å². The molecule has 0 atom stereocenters. The predicted octanol–water partition coefficient (Wildman–Crippen LogP) is 2.00. The van der Waals surface area contributed by atoms with Crippen LogP contribution in [0.15, 0.2) is 18.3 Å². The third kappa shape index (κ3) is 3.07. The molecular weight excluding hydrogens is 379 g/mol. The second kappa shape index (κ2) is 5.45. The summed E-state index contributed by atoms with van der Waals surface area (Å²) in [5.41, 5.74) is 0.413. The van der Waals surface area contributed by atoms with E-state index in [2.05, 4.69) is 15.0 Å². The Kier molecular flexibility index (Phi) is 3.61. The van der Waals surface area contributed by atoms with Crippen LogP contribution in [0.4, 0.5) is 13.2 Å². The van der Waals surface area contributed by atoms with Crippen LogP contribution >= 0.6 is 0 Å². The van der Waals surface area contributed by atoms with Crippen molar-refractivity contribution >= 4 is 9.84 Å². The van der Waals surface area contributed by atoms with Crippen LogP contribution in [0.2, 0.25) is 0 Å². The zero-order valence-electron chi connectivity index (χ0n) is 14.9. The van der Waals surface area contributed by atoms with Gasteiger partial charge in [0.15, 0.2) is 9.84 Å². The van der Waals surface area contributed by atoms with Crippen LogP contribution in [0, 0.1) is 16.7 Å². The Morgan fingerprint density at radius 1 is 1.04 bits per heavy atom. The van der Waals surface area contributed by atoms with Gasteiger partial charge in [-0.1, -0.05) is 0 Å². The monoisotopic (exact) mass is 401 g/mol. The van der Waals surface area contributed by atoms with Crippen LogP contribution in [0.25, 0.3) is 0 Å². The molecule has 9 heteroatoms. The standard InChI is InChI=1S/C18H22F3N3O2S/c19-18(20,21)14-1-2-15(22-6-14)3-13-4-16(5-13)7-23(8-16)24-9-17(10-24)11-27(25,26)12-17/h1-2,6,13H,3-5,7-12H2. The van der Waals surface area contributed by atoms with Crippen molar-refractivity contribution < 1.29 is 21.6 Å². The van der Waals surface area contributed by atoms with Gasteiger partial charge in [-0.05, 0) is 42.7 Å². The Morgan fingerprint density at radius 2 is 1.63 bits per heavy atom. The highest BCUT2D eigenvalue weighted by atomic mass is 32.2. The van der Waals surface area contributed by atoms with Gasteiger partial charge in [0.25, 0.3) is 0 Å². The Hall–Kier alpha value is -1.19. The smallest absolute Gasteiger partial charge is 0.261 e. The van der Waals surface area contributed by atoms with Crippen LogP contribution in [0.3, 0.4) is 0 Å². The van der Waals surface area contributed by atoms with Gasteiger partial charge < -0.3 is 0 Å². The Bertz CT molecular complexity index is 835. The first-order valence-corrected chi connectivity index (χ1v) is 11.1. The minimum atomic E-state index is -4.33. The summed E-state index contributed by atoms with van der Waals surface area (Å²) < 4.78 is 60.5. The van der Waals surface area contributed by atoms with Gasteiger partial charge in [-0.2, -0.15) is 13.2 Å². The fourth-order valence-electron chi connectivity index (χ4n) is 5.51. The zero-order chi connectivity index (χ0) is 19.1. The quantitative estimate of drug-likeness (QED) is 0.776. The molecule has 2 spiro atoms. The predicted molar refractivity (Wildman–Crippen MR) is 92.3 cm³/mol. The van der Waals surface area contributed by atoms with E-state index in [1.54, 1.807) is 0 Å². The zero-order valence-corrected chi connectivity index (χ0v) is 15.7. The fraction of sp³-hybridized carbons (Fsp3) is 0.722. The molecule has 1 aliphatic carbocycles. The normalized spacial score (nSPS) is 29.0. The molecule has 3 aliphatic heterocycles. The lowest BCUT2D eigenvalue weighted by Gasteiger charge is -2.66. The fourth-order valence-corrected chi connectivity index (χ4v) is 7.65. The molecule has 1 aromatic rings. The highest BCUT2D eigenvalue weighted by molar-refractivity contribution is 7.92. The lowest BCUT2D eigenvalue weighted by molar-refractivity contribution is -0.242. The second-order valence-corrected chi connectivity index (χ2v) is 11.3. The van der Waals surface area contributed by atoms with E-state index in [0.717, 1.165) is 63.4 Å². The summed E-state index contributed by atoms with van der Waals surface area (Å²) >= 11 is 0. The molecule has 0 N–H and O–H groups in total. The van der Waals surface area contributed by atoms with E-state index in [9.17, 15) is 21.6 Å². The van der Waals surface area contributed by atoms with E-state index in [4.69, 9.17) is 0 Å². The van der Waals surface area contributed by atoms with Crippen LogP contribution < -0.4 is 0 Å². The number of hydrogen-bond donors (Lipinski definition) is 0. The van der Waals surface area contributed by atoms with E-state index in [1.165, 1.54) is 6.07 Å². The second-order valence-electron chi connectivity index (χ2n) is 9.19. The van der Waals surface area contributed by atoms with Crippen molar-refractivity contribution in [2.45, 2.75) is 25.4 Å². The maximum absolute atomic E-state index is 12.6. The minimum absolute atomic E-state index is 0.0258. The van der Waals surface area contributed by atoms with E-state index in [0.29, 0.717) is 22.8 Å². The number of aromatic nitrogens is 1. The summed E-state index contributed by atoms with van der Waals surface area (Å²) in [5.74, 6) is 1.19. The van der Waals surface area contributed by atoms with Gasteiger partial charge in [0, 0.05) is 43.5 Å². The maximum Gasteiger partial charge on any atom is 0.417 e. The number of hydrogen-bond acceptors (Lipinski definition) is 5. The summed E-state index contributed by atoms with van der Waals surface area (Å²) in [4.78, 5) is 3.98. The largest absolute Gasteiger partial charge is 0.417 e. The molecule has 4 fully saturated rings. The number of rotatable bonds is 3. The summed E-state index contributed by atoms with van der Waals surface area (Å²) in [7, 11) is -2.77. The molecule has 1 saturated carbocycles. The highest BCUT2D eigenvalue weighted by Gasteiger charge is 2.61. The third-order valence-electron chi connectivity index (χ3n) is 6.62. The SMILES string of the molecule is O=S1(=O)CC2(CN(N3CC4(CC(Cc5ccc(C(F)(F)F)cn5)C4)C3)C2)C1. The van der Waals surface area contributed by atoms with Gasteiger partial charge >= 0.3 is 6.18 Å². The lowest BCUT2D eigenvalue weighted by atomic mass is 9.57. The Balaban J connectivity index is 1.06. The molecular formula is C18H22F3N3O2S. The van der Waals surface area contributed by atoms with Gasteiger partial charge in [0.2, 0.25) is 0 Å². The Morgan fingerprint density at radius 3 is 2.11 bits per heavy atom. The molecule has 5 nitrogen and oxygen atoms in total. The molecule has 4 heterocycles. The van der Waals surface area contributed by atoms with Crippen molar-refractivity contribution in [3.63, 3.8) is 0 Å². The maximum atomic E-state index is 12.6. The van der Waals surface area contributed by atoms with Crippen molar-refractivity contribution in [3.8, 4) is 0 Å². The summed E-state index contributed by atoms with van der Waals surface area (Å²) in [5, 5.41) is 4.62. The summed E-state index contributed by atoms with van der Waals surface area (Å²) in [6.45, 7) is 3.77. The Labute approximate surface area is 156 Å². The molecule has 0 aromatic carbocycles. The molecule has 148 valence electrons. The molecule has 4 aliphatic rings. The molecule has 0 bridgehead atoms. The van der Waals surface area contributed by atoms with Crippen LogP contribution in [0.5, 0.6) is 0 Å². The first-order valence-electron chi connectivity index (χ1n) is 9.28. The van der Waals surface area contributed by atoms with Crippen LogP contribution in [-0.2, 0) is 22.4 Å². The molecule has 0 radical (unpaired) electrons. The number of nitrogens with zero attached hydrogens (tertiary/aromatic N) is 3. The van der Waals surface area contributed by atoms with Crippen molar-refractivity contribution in [1.29, 1.82) is 0 Å². The minimum Gasteiger partial charge on any atom is -0.261 e. The van der Waals surface area contributed by atoms with Gasteiger partial charge in [0.1, 0.15) is 0 Å². The molecule has 5 rings (SSSR count). The van der Waals surface area contributed by atoms with Gasteiger partial charge in [-0.25, -0.2) is 18.4 Å². The number of halogens is 3. The van der Waals surface area contributed by atoms with Gasteiger partial charge in [-0.3, -0.25) is 4.98 Å². The van der Waals surface area contributed by atoms with E-state index in [-0.39, 0.29) is 5.41 Å². The van der Waals surface area contributed by atoms with E-state index >= 15 is 0 Å². The first-order chi connectivity index (χ1) is 12.6. The number of pyridine rings is 1. The van der Waals surface area contributed by atoms with E-state index < -0.39 is 21.6 Å². The number of alkyl halides is 3. The van der Waals surface area contributed by atoms with Gasteiger partial charge in [0.05, 0.1) is 17.1 Å². The first kappa shape index (κ1) is 17.9. The van der Waals surface area contributed by atoms with Crippen molar-refractivity contribution in [1.82, 2.24) is 15.0 Å². The van der Waals surface area contributed by atoms with Crippen LogP contribution in [0.1, 0.15) is 24.1 Å². The van der Waals surface area contributed by atoms with Crippen molar-refractivity contribution in [3.05, 3.63) is 29.6 Å². The van der Waals surface area contributed by atoms with Gasteiger partial charge in [-0.15, -0.1) is 0 Å². The van der Waals surface area contributed by atoms with Crippen molar-refractivity contribution in [2.75, 3.05) is 37.7 Å². The van der Waals surface area contributed by atoms with Crippen LogP contribution in [-0.4, -0.2) is 61.1 Å².